The monoisotopic (exact) mass is 240 g/mol. The summed E-state index contributed by atoms with van der Waals surface area (Å²) >= 11 is 0. The van der Waals surface area contributed by atoms with Crippen molar-refractivity contribution in [2.75, 3.05) is 32.8 Å². The van der Waals surface area contributed by atoms with Crippen LogP contribution in [0.15, 0.2) is 0 Å². The van der Waals surface area contributed by atoms with Crippen molar-refractivity contribution in [2.24, 2.45) is 0 Å². The predicted octanol–water partition coefficient (Wildman–Crippen LogP) is 2.02. The van der Waals surface area contributed by atoms with Gasteiger partial charge in [-0.1, -0.05) is 13.8 Å². The fourth-order valence-corrected chi connectivity index (χ4v) is 3.21. The average molecular weight is 240 g/mol. The van der Waals surface area contributed by atoms with Crippen LogP contribution in [0.25, 0.3) is 0 Å². The molecule has 0 aromatic rings. The Morgan fingerprint density at radius 1 is 1.29 bits per heavy atom. The molecule has 1 N–H and O–H groups in total. The van der Waals surface area contributed by atoms with Crippen molar-refractivity contribution in [3.8, 4) is 0 Å². The number of nitrogens with zero attached hydrogens (tertiary/aromatic N) is 1. The molecule has 0 aliphatic carbocycles. The van der Waals surface area contributed by atoms with Crippen LogP contribution in [0.3, 0.4) is 0 Å². The van der Waals surface area contributed by atoms with Crippen molar-refractivity contribution < 1.29 is 4.74 Å². The van der Waals surface area contributed by atoms with E-state index < -0.39 is 0 Å². The second kappa shape index (κ2) is 5.25. The maximum Gasteiger partial charge on any atom is 0.0648 e. The van der Waals surface area contributed by atoms with E-state index in [1.165, 1.54) is 38.8 Å². The van der Waals surface area contributed by atoms with Crippen molar-refractivity contribution >= 4 is 0 Å². The summed E-state index contributed by atoms with van der Waals surface area (Å²) < 4.78 is 5.63. The van der Waals surface area contributed by atoms with Gasteiger partial charge in [-0.3, -0.25) is 4.90 Å². The van der Waals surface area contributed by atoms with Crippen molar-refractivity contribution in [3.63, 3.8) is 0 Å². The molecule has 0 saturated carbocycles. The van der Waals surface area contributed by atoms with Crippen molar-refractivity contribution in [1.82, 2.24) is 10.2 Å². The first-order valence-electron chi connectivity index (χ1n) is 7.22. The summed E-state index contributed by atoms with van der Waals surface area (Å²) in [5.41, 5.74) is 0.601. The molecule has 2 saturated heterocycles. The predicted molar refractivity (Wildman–Crippen MR) is 71.3 cm³/mol. The van der Waals surface area contributed by atoms with E-state index in [1.807, 2.05) is 0 Å². The molecule has 1 unspecified atom stereocenters. The Morgan fingerprint density at radius 3 is 2.65 bits per heavy atom. The van der Waals surface area contributed by atoms with Crippen LogP contribution in [0, 0.1) is 0 Å². The number of hydrogen-bond donors (Lipinski definition) is 1. The Labute approximate surface area is 106 Å². The van der Waals surface area contributed by atoms with Crippen molar-refractivity contribution in [1.29, 1.82) is 0 Å². The lowest BCUT2D eigenvalue weighted by atomic mass is 9.89. The Hall–Kier alpha value is -0.120. The molecule has 2 aliphatic rings. The fraction of sp³-hybridized carbons (Fsp3) is 1.00. The average Bonchev–Trinajstić information content (AvgIpc) is 2.68. The Balaban J connectivity index is 2.11. The third kappa shape index (κ3) is 2.67. The molecule has 100 valence electrons. The summed E-state index contributed by atoms with van der Waals surface area (Å²) in [4.78, 5) is 2.69. The quantitative estimate of drug-likeness (QED) is 0.817. The molecule has 3 heteroatoms. The van der Waals surface area contributed by atoms with Gasteiger partial charge in [0.2, 0.25) is 0 Å². The third-order valence-corrected chi connectivity index (χ3v) is 4.91. The van der Waals surface area contributed by atoms with Crippen LogP contribution in [-0.4, -0.2) is 48.8 Å². The maximum absolute atomic E-state index is 5.63. The van der Waals surface area contributed by atoms with Crippen LogP contribution >= 0.6 is 0 Å². The van der Waals surface area contributed by atoms with Gasteiger partial charge in [-0.25, -0.2) is 0 Å². The summed E-state index contributed by atoms with van der Waals surface area (Å²) in [6.07, 6.45) is 4.89. The van der Waals surface area contributed by atoms with E-state index in [-0.39, 0.29) is 5.54 Å². The van der Waals surface area contributed by atoms with Crippen molar-refractivity contribution in [2.45, 2.75) is 57.5 Å². The van der Waals surface area contributed by atoms with Gasteiger partial charge >= 0.3 is 0 Å². The highest BCUT2D eigenvalue weighted by atomic mass is 16.5. The molecule has 0 aromatic carbocycles. The largest absolute Gasteiger partial charge is 0.379 e. The summed E-state index contributed by atoms with van der Waals surface area (Å²) in [5.74, 6) is 0. The Bertz CT molecular complexity index is 245. The van der Waals surface area contributed by atoms with Gasteiger partial charge in [-0.2, -0.15) is 0 Å². The number of rotatable bonds is 3. The molecule has 0 radical (unpaired) electrons. The minimum Gasteiger partial charge on any atom is -0.379 e. The molecule has 3 nitrogen and oxygen atoms in total. The summed E-state index contributed by atoms with van der Waals surface area (Å²) in [6.45, 7) is 12.4. The van der Waals surface area contributed by atoms with Gasteiger partial charge in [0.25, 0.3) is 0 Å². The van der Waals surface area contributed by atoms with Crippen LogP contribution in [-0.2, 0) is 4.74 Å². The molecule has 17 heavy (non-hydrogen) atoms. The normalized spacial score (nSPS) is 34.8. The first kappa shape index (κ1) is 13.3. The molecule has 2 rings (SSSR count). The number of ether oxygens (including phenoxy) is 1. The van der Waals surface area contributed by atoms with E-state index in [0.29, 0.717) is 5.54 Å². The molecule has 1 atom stereocenters. The van der Waals surface area contributed by atoms with Crippen LogP contribution in [0.5, 0.6) is 0 Å². The second-order valence-corrected chi connectivity index (χ2v) is 5.99. The Kier molecular flexibility index (Phi) is 4.11. The summed E-state index contributed by atoms with van der Waals surface area (Å²) in [5, 5.41) is 3.78. The van der Waals surface area contributed by atoms with Gasteiger partial charge in [0.05, 0.1) is 6.61 Å². The van der Waals surface area contributed by atoms with Crippen LogP contribution in [0.4, 0.5) is 0 Å². The standard InChI is InChI=1S/C14H28N2O/c1-4-14(5-2)11-16(9-6-8-15-14)13(3)7-10-17-12-13/h15H,4-12H2,1-3H3. The van der Waals surface area contributed by atoms with Crippen LogP contribution in [0.2, 0.25) is 0 Å². The minimum atomic E-state index is 0.279. The van der Waals surface area contributed by atoms with E-state index in [9.17, 15) is 0 Å². The molecule has 0 amide bonds. The zero-order valence-corrected chi connectivity index (χ0v) is 11.7. The topological polar surface area (TPSA) is 24.5 Å². The van der Waals surface area contributed by atoms with E-state index in [0.717, 1.165) is 19.8 Å². The molecule has 2 heterocycles. The van der Waals surface area contributed by atoms with Gasteiger partial charge in [0, 0.05) is 30.8 Å². The van der Waals surface area contributed by atoms with Gasteiger partial charge < -0.3 is 10.1 Å². The zero-order chi connectivity index (χ0) is 12.4. The van der Waals surface area contributed by atoms with Crippen molar-refractivity contribution in [3.05, 3.63) is 0 Å². The van der Waals surface area contributed by atoms with Gasteiger partial charge in [0.1, 0.15) is 0 Å². The fourth-order valence-electron chi connectivity index (χ4n) is 3.21. The molecule has 0 bridgehead atoms. The van der Waals surface area contributed by atoms with Gasteiger partial charge in [-0.05, 0) is 39.2 Å². The SMILES string of the molecule is CCC1(CC)CN(C2(C)CCOC2)CCCN1. The lowest BCUT2D eigenvalue weighted by Gasteiger charge is -2.42. The number of hydrogen-bond acceptors (Lipinski definition) is 3. The summed E-state index contributed by atoms with van der Waals surface area (Å²) in [7, 11) is 0. The zero-order valence-electron chi connectivity index (χ0n) is 11.7. The molecule has 0 spiro atoms. The van der Waals surface area contributed by atoms with E-state index in [2.05, 4.69) is 31.0 Å². The maximum atomic E-state index is 5.63. The highest BCUT2D eigenvalue weighted by molar-refractivity contribution is 4.98. The van der Waals surface area contributed by atoms with E-state index in [1.54, 1.807) is 0 Å². The molecule has 2 aliphatic heterocycles. The van der Waals surface area contributed by atoms with Gasteiger partial charge in [0.15, 0.2) is 0 Å². The second-order valence-electron chi connectivity index (χ2n) is 5.99. The minimum absolute atomic E-state index is 0.279. The lowest BCUT2D eigenvalue weighted by molar-refractivity contribution is 0.0603. The number of nitrogens with one attached hydrogen (secondary N) is 1. The lowest BCUT2D eigenvalue weighted by Crippen LogP contribution is -2.56. The highest BCUT2D eigenvalue weighted by Gasteiger charge is 2.40. The molecule has 0 aromatic heterocycles. The van der Waals surface area contributed by atoms with Crippen LogP contribution in [0.1, 0.15) is 46.5 Å². The van der Waals surface area contributed by atoms with E-state index in [4.69, 9.17) is 4.74 Å². The third-order valence-electron chi connectivity index (χ3n) is 4.91. The Morgan fingerprint density at radius 2 is 2.06 bits per heavy atom. The summed E-state index contributed by atoms with van der Waals surface area (Å²) in [6, 6.07) is 0. The first-order valence-corrected chi connectivity index (χ1v) is 7.22. The molecular formula is C14H28N2O. The van der Waals surface area contributed by atoms with Crippen LogP contribution < -0.4 is 5.32 Å². The van der Waals surface area contributed by atoms with Gasteiger partial charge in [-0.15, -0.1) is 0 Å². The van der Waals surface area contributed by atoms with E-state index >= 15 is 0 Å². The highest BCUT2D eigenvalue weighted by Crippen LogP contribution is 2.30. The molecule has 2 fully saturated rings. The smallest absolute Gasteiger partial charge is 0.0648 e. The first-order chi connectivity index (χ1) is 8.14. The molecular weight excluding hydrogens is 212 g/mol.